The van der Waals surface area contributed by atoms with Crippen LogP contribution < -0.4 is 5.32 Å². The van der Waals surface area contributed by atoms with Gasteiger partial charge in [0.15, 0.2) is 0 Å². The van der Waals surface area contributed by atoms with Crippen LogP contribution in [0, 0.1) is 0 Å². The zero-order chi connectivity index (χ0) is 10.2. The van der Waals surface area contributed by atoms with Crippen molar-refractivity contribution in [1.82, 2.24) is 15.1 Å². The molecule has 0 amide bonds. The standard InChI is InChI=1S/C10H23N3O/c1-3-12-5-7-13(8-6-12)10-11-4-9-14-2/h11H,3-10H2,1-2H3. The van der Waals surface area contributed by atoms with Crippen LogP contribution in [0.4, 0.5) is 0 Å². The lowest BCUT2D eigenvalue weighted by Gasteiger charge is -2.33. The van der Waals surface area contributed by atoms with E-state index in [4.69, 9.17) is 4.74 Å². The summed E-state index contributed by atoms with van der Waals surface area (Å²) in [5.74, 6) is 0. The van der Waals surface area contributed by atoms with Crippen molar-refractivity contribution in [2.24, 2.45) is 0 Å². The van der Waals surface area contributed by atoms with Gasteiger partial charge in [-0.25, -0.2) is 0 Å². The molecule has 0 aliphatic carbocycles. The zero-order valence-corrected chi connectivity index (χ0v) is 9.46. The summed E-state index contributed by atoms with van der Waals surface area (Å²) < 4.78 is 4.98. The third kappa shape index (κ3) is 4.37. The normalized spacial score (nSPS) is 20.1. The second-order valence-electron chi connectivity index (χ2n) is 3.70. The molecule has 0 bridgehead atoms. The molecule has 1 heterocycles. The maximum absolute atomic E-state index is 4.98. The van der Waals surface area contributed by atoms with Crippen LogP contribution in [-0.2, 0) is 4.74 Å². The number of ether oxygens (including phenoxy) is 1. The second-order valence-corrected chi connectivity index (χ2v) is 3.70. The molecule has 0 atom stereocenters. The predicted octanol–water partition coefficient (Wildman–Crippen LogP) is -0.183. The van der Waals surface area contributed by atoms with Crippen LogP contribution in [-0.4, -0.2) is 69.5 Å². The molecule has 84 valence electrons. The Bertz CT molecular complexity index is 135. The molecule has 0 saturated carbocycles. The van der Waals surface area contributed by atoms with E-state index in [1.54, 1.807) is 7.11 Å². The molecule has 1 aliphatic heterocycles. The van der Waals surface area contributed by atoms with Crippen LogP contribution in [0.5, 0.6) is 0 Å². The maximum atomic E-state index is 4.98. The lowest BCUT2D eigenvalue weighted by molar-refractivity contribution is 0.124. The minimum atomic E-state index is 0.801. The Morgan fingerprint density at radius 3 is 2.36 bits per heavy atom. The molecule has 4 heteroatoms. The maximum Gasteiger partial charge on any atom is 0.0587 e. The first-order valence-electron chi connectivity index (χ1n) is 5.51. The van der Waals surface area contributed by atoms with Crippen molar-refractivity contribution in [3.05, 3.63) is 0 Å². The van der Waals surface area contributed by atoms with Gasteiger partial charge in [0, 0.05) is 46.5 Å². The smallest absolute Gasteiger partial charge is 0.0587 e. The van der Waals surface area contributed by atoms with Gasteiger partial charge in [-0.2, -0.15) is 0 Å². The van der Waals surface area contributed by atoms with Crippen molar-refractivity contribution in [1.29, 1.82) is 0 Å². The minimum Gasteiger partial charge on any atom is -0.383 e. The SMILES string of the molecule is CCN1CCN(CNCCOC)CC1. The summed E-state index contributed by atoms with van der Waals surface area (Å²) in [5.41, 5.74) is 0. The molecule has 1 fully saturated rings. The molecule has 0 aromatic carbocycles. The van der Waals surface area contributed by atoms with Crippen molar-refractivity contribution in [2.45, 2.75) is 6.92 Å². The molecule has 0 aromatic heterocycles. The van der Waals surface area contributed by atoms with Gasteiger partial charge in [0.05, 0.1) is 6.61 Å². The van der Waals surface area contributed by atoms with Crippen molar-refractivity contribution >= 4 is 0 Å². The van der Waals surface area contributed by atoms with Crippen LogP contribution in [0.3, 0.4) is 0 Å². The Labute approximate surface area is 87.2 Å². The number of likely N-dealkylation sites (N-methyl/N-ethyl adjacent to an activating group) is 1. The zero-order valence-electron chi connectivity index (χ0n) is 9.46. The van der Waals surface area contributed by atoms with E-state index >= 15 is 0 Å². The summed E-state index contributed by atoms with van der Waals surface area (Å²) in [4.78, 5) is 4.95. The summed E-state index contributed by atoms with van der Waals surface area (Å²) in [7, 11) is 1.74. The van der Waals surface area contributed by atoms with E-state index < -0.39 is 0 Å². The fourth-order valence-electron chi connectivity index (χ4n) is 1.68. The number of piperazine rings is 1. The number of methoxy groups -OCH3 is 1. The number of nitrogens with one attached hydrogen (secondary N) is 1. The lowest BCUT2D eigenvalue weighted by Crippen LogP contribution is -2.49. The van der Waals surface area contributed by atoms with Crippen molar-refractivity contribution in [3.8, 4) is 0 Å². The van der Waals surface area contributed by atoms with Gasteiger partial charge in [0.1, 0.15) is 0 Å². The average molecular weight is 201 g/mol. The first kappa shape index (κ1) is 11.9. The van der Waals surface area contributed by atoms with E-state index in [0.717, 1.165) is 19.8 Å². The molecule has 4 nitrogen and oxygen atoms in total. The highest BCUT2D eigenvalue weighted by Crippen LogP contribution is 1.98. The summed E-state index contributed by atoms with van der Waals surface area (Å²) >= 11 is 0. The van der Waals surface area contributed by atoms with Crippen LogP contribution in [0.2, 0.25) is 0 Å². The van der Waals surface area contributed by atoms with Crippen molar-refractivity contribution in [3.63, 3.8) is 0 Å². The average Bonchev–Trinajstić information content (AvgIpc) is 2.25. The van der Waals surface area contributed by atoms with E-state index in [1.807, 2.05) is 0 Å². The summed E-state index contributed by atoms with van der Waals surface area (Å²) in [6.07, 6.45) is 0. The van der Waals surface area contributed by atoms with E-state index in [0.29, 0.717) is 0 Å². The molecule has 0 spiro atoms. The summed E-state index contributed by atoms with van der Waals surface area (Å²) in [6.45, 7) is 11.0. The molecular formula is C10H23N3O. The van der Waals surface area contributed by atoms with Gasteiger partial charge in [-0.3, -0.25) is 4.90 Å². The molecule has 1 aliphatic rings. The topological polar surface area (TPSA) is 27.7 Å². The first-order valence-corrected chi connectivity index (χ1v) is 5.51. The fraction of sp³-hybridized carbons (Fsp3) is 1.00. The van der Waals surface area contributed by atoms with Gasteiger partial charge in [-0.15, -0.1) is 0 Å². The molecule has 0 radical (unpaired) electrons. The van der Waals surface area contributed by atoms with Gasteiger partial charge in [0.25, 0.3) is 0 Å². The van der Waals surface area contributed by atoms with E-state index in [-0.39, 0.29) is 0 Å². The Morgan fingerprint density at radius 1 is 1.14 bits per heavy atom. The molecule has 0 unspecified atom stereocenters. The molecule has 1 N–H and O–H groups in total. The van der Waals surface area contributed by atoms with E-state index in [1.165, 1.54) is 32.7 Å². The van der Waals surface area contributed by atoms with Crippen LogP contribution in [0.15, 0.2) is 0 Å². The second kappa shape index (κ2) is 7.17. The Balaban J connectivity index is 1.98. The highest BCUT2D eigenvalue weighted by atomic mass is 16.5. The van der Waals surface area contributed by atoms with Crippen LogP contribution >= 0.6 is 0 Å². The number of hydrogen-bond donors (Lipinski definition) is 1. The van der Waals surface area contributed by atoms with Crippen LogP contribution in [0.1, 0.15) is 6.92 Å². The van der Waals surface area contributed by atoms with Gasteiger partial charge in [-0.05, 0) is 6.54 Å². The first-order chi connectivity index (χ1) is 6.86. The van der Waals surface area contributed by atoms with Gasteiger partial charge in [0.2, 0.25) is 0 Å². The van der Waals surface area contributed by atoms with Crippen LogP contribution in [0.25, 0.3) is 0 Å². The highest BCUT2D eigenvalue weighted by molar-refractivity contribution is 4.69. The third-order valence-electron chi connectivity index (χ3n) is 2.73. The Hall–Kier alpha value is -0.160. The lowest BCUT2D eigenvalue weighted by atomic mass is 10.3. The number of rotatable bonds is 6. The summed E-state index contributed by atoms with van der Waals surface area (Å²) in [6, 6.07) is 0. The molecule has 0 aromatic rings. The molecule has 1 saturated heterocycles. The van der Waals surface area contributed by atoms with Crippen molar-refractivity contribution < 1.29 is 4.74 Å². The van der Waals surface area contributed by atoms with E-state index in [9.17, 15) is 0 Å². The minimum absolute atomic E-state index is 0.801. The van der Waals surface area contributed by atoms with Gasteiger partial charge in [-0.1, -0.05) is 6.92 Å². The predicted molar refractivity (Wildman–Crippen MR) is 58.4 cm³/mol. The largest absolute Gasteiger partial charge is 0.383 e. The summed E-state index contributed by atoms with van der Waals surface area (Å²) in [5, 5.41) is 3.37. The highest BCUT2D eigenvalue weighted by Gasteiger charge is 2.14. The third-order valence-corrected chi connectivity index (χ3v) is 2.73. The Morgan fingerprint density at radius 2 is 1.79 bits per heavy atom. The Kier molecular flexibility index (Phi) is 6.10. The monoisotopic (exact) mass is 201 g/mol. The number of hydrogen-bond acceptors (Lipinski definition) is 4. The number of nitrogens with zero attached hydrogens (tertiary/aromatic N) is 2. The molecular weight excluding hydrogens is 178 g/mol. The quantitative estimate of drug-likeness (QED) is 0.603. The van der Waals surface area contributed by atoms with Gasteiger partial charge >= 0.3 is 0 Å². The van der Waals surface area contributed by atoms with Crippen molar-refractivity contribution in [2.75, 3.05) is 59.7 Å². The molecule has 1 rings (SSSR count). The molecule has 14 heavy (non-hydrogen) atoms. The van der Waals surface area contributed by atoms with E-state index in [2.05, 4.69) is 22.0 Å². The van der Waals surface area contributed by atoms with Gasteiger partial charge < -0.3 is 15.0 Å². The fourth-order valence-corrected chi connectivity index (χ4v) is 1.68.